The maximum atomic E-state index is 13.2. The number of rotatable bonds is 5. The van der Waals surface area contributed by atoms with Gasteiger partial charge in [0, 0.05) is 61.6 Å². The van der Waals surface area contributed by atoms with Crippen LogP contribution in [0.5, 0.6) is 11.5 Å². The molecule has 3 amide bonds. The molecule has 2 bridgehead atoms. The second-order valence-corrected chi connectivity index (χ2v) is 10.6. The summed E-state index contributed by atoms with van der Waals surface area (Å²) in [7, 11) is 3.06. The first-order valence-electron chi connectivity index (χ1n) is 11.9. The summed E-state index contributed by atoms with van der Waals surface area (Å²) in [6.45, 7) is 8.02. The smallest absolute Gasteiger partial charge is 0.323 e. The van der Waals surface area contributed by atoms with Crippen LogP contribution in [0.15, 0.2) is 35.1 Å². The van der Waals surface area contributed by atoms with E-state index < -0.39 is 6.03 Å². The summed E-state index contributed by atoms with van der Waals surface area (Å²) in [4.78, 5) is 40.6. The van der Waals surface area contributed by atoms with Crippen LogP contribution >= 0.6 is 0 Å². The van der Waals surface area contributed by atoms with E-state index in [1.54, 1.807) is 28.8 Å². The molecule has 1 aromatic carbocycles. The van der Waals surface area contributed by atoms with Crippen LogP contribution in [0.25, 0.3) is 0 Å². The number of hydrogen-bond donors (Lipinski definition) is 2. The van der Waals surface area contributed by atoms with Crippen molar-refractivity contribution in [2.75, 3.05) is 37.9 Å². The zero-order valence-corrected chi connectivity index (χ0v) is 21.0. The molecule has 9 heteroatoms. The Morgan fingerprint density at radius 2 is 1.69 bits per heavy atom. The van der Waals surface area contributed by atoms with Crippen LogP contribution < -0.4 is 25.7 Å². The number of anilines is 2. The van der Waals surface area contributed by atoms with Gasteiger partial charge in [-0.05, 0) is 29.9 Å². The van der Waals surface area contributed by atoms with Gasteiger partial charge in [-0.15, -0.1) is 0 Å². The van der Waals surface area contributed by atoms with Crippen LogP contribution in [0, 0.1) is 11.3 Å². The highest BCUT2D eigenvalue weighted by atomic mass is 16.5. The number of carbonyl (C=O) groups is 2. The minimum atomic E-state index is -0.534. The largest absolute Gasteiger partial charge is 0.497 e. The van der Waals surface area contributed by atoms with E-state index in [0.29, 0.717) is 43.2 Å². The van der Waals surface area contributed by atoms with E-state index in [4.69, 9.17) is 9.47 Å². The minimum absolute atomic E-state index is 0.0599. The first kappa shape index (κ1) is 24.6. The van der Waals surface area contributed by atoms with Crippen molar-refractivity contribution in [3.63, 3.8) is 0 Å². The molecule has 2 atom stereocenters. The summed E-state index contributed by atoms with van der Waals surface area (Å²) in [5, 5.41) is 5.39. The standard InChI is InChI=1S/C26H34N4O5/c1-26(2,3)12-23(31)29-13-16-8-17(15-29)22-7-6-21(24(32)30(22)14-16)28-25(33)27-18-9-19(34-4)11-20(10-18)35-5/h6-7,9-11,16-17H,8,12-15H2,1-5H3,(H2,27,28,33)/t16-,17-/m1/s1. The van der Waals surface area contributed by atoms with Crippen LogP contribution in [0.3, 0.4) is 0 Å². The summed E-state index contributed by atoms with van der Waals surface area (Å²) in [6.07, 6.45) is 1.47. The van der Waals surface area contributed by atoms with Crippen LogP contribution in [0.2, 0.25) is 0 Å². The average molecular weight is 483 g/mol. The number of pyridine rings is 1. The molecule has 4 rings (SSSR count). The molecule has 1 aromatic heterocycles. The van der Waals surface area contributed by atoms with Gasteiger partial charge in [0.15, 0.2) is 0 Å². The number of nitrogens with one attached hydrogen (secondary N) is 2. The van der Waals surface area contributed by atoms with Gasteiger partial charge in [-0.3, -0.25) is 9.59 Å². The molecular formula is C26H34N4O5. The molecule has 0 saturated carbocycles. The normalized spacial score (nSPS) is 18.9. The third-order valence-corrected chi connectivity index (χ3v) is 6.50. The summed E-state index contributed by atoms with van der Waals surface area (Å²) >= 11 is 0. The number of aromatic nitrogens is 1. The third kappa shape index (κ3) is 5.61. The maximum Gasteiger partial charge on any atom is 0.323 e. The van der Waals surface area contributed by atoms with Crippen LogP contribution in [0.1, 0.15) is 45.2 Å². The molecule has 3 heterocycles. The number of nitrogens with zero attached hydrogens (tertiary/aromatic N) is 2. The summed E-state index contributed by atoms with van der Waals surface area (Å²) in [5.41, 5.74) is 1.32. The van der Waals surface area contributed by atoms with Crippen molar-refractivity contribution in [1.82, 2.24) is 9.47 Å². The van der Waals surface area contributed by atoms with Crippen molar-refractivity contribution in [2.24, 2.45) is 11.3 Å². The fourth-order valence-electron chi connectivity index (χ4n) is 4.97. The number of benzene rings is 1. The number of piperidine rings is 1. The molecule has 2 aromatic rings. The van der Waals surface area contributed by atoms with Gasteiger partial charge >= 0.3 is 6.03 Å². The molecule has 0 aliphatic carbocycles. The van der Waals surface area contributed by atoms with E-state index in [2.05, 4.69) is 31.4 Å². The molecule has 0 radical (unpaired) electrons. The summed E-state index contributed by atoms with van der Waals surface area (Å²) in [6, 6.07) is 8.03. The van der Waals surface area contributed by atoms with Gasteiger partial charge in [0.2, 0.25) is 5.91 Å². The van der Waals surface area contributed by atoms with Gasteiger partial charge in [-0.25, -0.2) is 4.79 Å². The summed E-state index contributed by atoms with van der Waals surface area (Å²) in [5.74, 6) is 1.58. The predicted molar refractivity (Wildman–Crippen MR) is 134 cm³/mol. The first-order valence-corrected chi connectivity index (χ1v) is 11.9. The van der Waals surface area contributed by atoms with Crippen LogP contribution in [-0.4, -0.2) is 48.7 Å². The fourth-order valence-corrected chi connectivity index (χ4v) is 4.97. The van der Waals surface area contributed by atoms with Crippen molar-refractivity contribution in [3.8, 4) is 11.5 Å². The number of fused-ring (bicyclic) bond motifs is 4. The molecule has 1 saturated heterocycles. The fraction of sp³-hybridized carbons (Fsp3) is 0.500. The Kier molecular flexibility index (Phi) is 6.78. The molecule has 9 nitrogen and oxygen atoms in total. The van der Waals surface area contributed by atoms with E-state index in [0.717, 1.165) is 12.1 Å². The first-order chi connectivity index (χ1) is 16.6. The lowest BCUT2D eigenvalue weighted by Crippen LogP contribution is -2.49. The molecule has 2 aliphatic rings. The Labute approximate surface area is 205 Å². The lowest BCUT2D eigenvalue weighted by atomic mass is 9.82. The molecule has 0 unspecified atom stereocenters. The summed E-state index contributed by atoms with van der Waals surface area (Å²) < 4.78 is 12.2. The van der Waals surface area contributed by atoms with Crippen molar-refractivity contribution >= 4 is 23.3 Å². The van der Waals surface area contributed by atoms with E-state index in [1.165, 1.54) is 14.2 Å². The SMILES string of the molecule is COc1cc(NC(=O)Nc2ccc3n(c2=O)C[C@@H]2C[C@@H]3CN(C(=O)CC(C)(C)C)C2)cc(OC)c1. The number of urea groups is 1. The lowest BCUT2D eigenvalue weighted by molar-refractivity contribution is -0.135. The highest BCUT2D eigenvalue weighted by molar-refractivity contribution is 5.99. The molecule has 2 aliphatic heterocycles. The van der Waals surface area contributed by atoms with Gasteiger partial charge in [-0.1, -0.05) is 20.8 Å². The number of likely N-dealkylation sites (tertiary alicyclic amines) is 1. The van der Waals surface area contributed by atoms with Crippen molar-refractivity contribution in [1.29, 1.82) is 0 Å². The van der Waals surface area contributed by atoms with E-state index in [1.807, 2.05) is 11.0 Å². The molecular weight excluding hydrogens is 448 g/mol. The Hall–Kier alpha value is -3.49. The second-order valence-electron chi connectivity index (χ2n) is 10.6. The molecule has 35 heavy (non-hydrogen) atoms. The van der Waals surface area contributed by atoms with Gasteiger partial charge < -0.3 is 29.6 Å². The maximum absolute atomic E-state index is 13.2. The number of amides is 3. The number of hydrogen-bond acceptors (Lipinski definition) is 5. The zero-order chi connectivity index (χ0) is 25.3. The highest BCUT2D eigenvalue weighted by Gasteiger charge is 2.37. The minimum Gasteiger partial charge on any atom is -0.497 e. The Balaban J connectivity index is 1.48. The third-order valence-electron chi connectivity index (χ3n) is 6.50. The van der Waals surface area contributed by atoms with Crippen molar-refractivity contribution < 1.29 is 19.1 Å². The topological polar surface area (TPSA) is 102 Å². The predicted octanol–water partition coefficient (Wildman–Crippen LogP) is 3.89. The molecule has 2 N–H and O–H groups in total. The molecule has 188 valence electrons. The number of methoxy groups -OCH3 is 2. The van der Waals surface area contributed by atoms with Crippen LogP contribution in [-0.2, 0) is 11.3 Å². The highest BCUT2D eigenvalue weighted by Crippen LogP contribution is 2.36. The van der Waals surface area contributed by atoms with E-state index >= 15 is 0 Å². The number of carbonyl (C=O) groups excluding carboxylic acids is 2. The Morgan fingerprint density at radius 1 is 1.00 bits per heavy atom. The molecule has 0 spiro atoms. The van der Waals surface area contributed by atoms with Crippen molar-refractivity contribution in [2.45, 2.75) is 46.1 Å². The quantitative estimate of drug-likeness (QED) is 0.673. The average Bonchev–Trinajstić information content (AvgIpc) is 2.79. The number of ether oxygens (including phenoxy) is 2. The van der Waals surface area contributed by atoms with Gasteiger partial charge in [0.1, 0.15) is 17.2 Å². The zero-order valence-electron chi connectivity index (χ0n) is 21.0. The Morgan fingerprint density at radius 3 is 2.31 bits per heavy atom. The van der Waals surface area contributed by atoms with E-state index in [9.17, 15) is 14.4 Å². The van der Waals surface area contributed by atoms with E-state index in [-0.39, 0.29) is 34.4 Å². The van der Waals surface area contributed by atoms with Crippen molar-refractivity contribution in [3.05, 3.63) is 46.4 Å². The van der Waals surface area contributed by atoms with Gasteiger partial charge in [-0.2, -0.15) is 0 Å². The van der Waals surface area contributed by atoms with Gasteiger partial charge in [0.25, 0.3) is 5.56 Å². The molecule has 1 fully saturated rings. The Bertz CT molecular complexity index is 1160. The lowest BCUT2D eigenvalue weighted by Gasteiger charge is -2.43. The monoisotopic (exact) mass is 482 g/mol. The second kappa shape index (κ2) is 9.64. The van der Waals surface area contributed by atoms with Crippen LogP contribution in [0.4, 0.5) is 16.2 Å². The van der Waals surface area contributed by atoms with Gasteiger partial charge in [0.05, 0.1) is 14.2 Å².